The number of rotatable bonds is 3. The topological polar surface area (TPSA) is 37.8 Å². The van der Waals surface area contributed by atoms with E-state index in [-0.39, 0.29) is 5.54 Å². The minimum Gasteiger partial charge on any atom is -0.306 e. The molecule has 1 aromatic heterocycles. The number of aryl methyl sites for hydroxylation is 2. The Morgan fingerprint density at radius 3 is 2.53 bits per heavy atom. The third kappa shape index (κ3) is 3.85. The van der Waals surface area contributed by atoms with Gasteiger partial charge in [0, 0.05) is 11.1 Å². The van der Waals surface area contributed by atoms with Crippen LogP contribution in [0.5, 0.6) is 0 Å². The maximum absolute atomic E-state index is 4.31. The fourth-order valence-electron chi connectivity index (χ4n) is 1.83. The zero-order valence-electron chi connectivity index (χ0n) is 12.2. The van der Waals surface area contributed by atoms with Gasteiger partial charge in [-0.2, -0.15) is 0 Å². The molecule has 0 aliphatic rings. The number of aromatic nitrogens is 2. The van der Waals surface area contributed by atoms with Crippen molar-refractivity contribution in [3.8, 4) is 10.6 Å². The molecular weight excluding hydrogens is 254 g/mol. The molecule has 0 aliphatic carbocycles. The third-order valence-electron chi connectivity index (χ3n) is 2.85. The maximum atomic E-state index is 4.31. The van der Waals surface area contributed by atoms with E-state index in [0.29, 0.717) is 0 Å². The van der Waals surface area contributed by atoms with Crippen LogP contribution in [0, 0.1) is 13.8 Å². The van der Waals surface area contributed by atoms with E-state index in [2.05, 4.69) is 68.3 Å². The standard InChI is InChI=1S/C15H21N3S/c1-10-6-7-12(11(2)8-10)14-18-17-13(19-14)9-16-15(3,4)5/h6-8,16H,9H2,1-5H3. The highest BCUT2D eigenvalue weighted by atomic mass is 32.1. The molecule has 1 heterocycles. The Labute approximate surface area is 119 Å². The van der Waals surface area contributed by atoms with Gasteiger partial charge in [0.25, 0.3) is 0 Å². The predicted molar refractivity (Wildman–Crippen MR) is 81.4 cm³/mol. The summed E-state index contributed by atoms with van der Waals surface area (Å²) in [5.74, 6) is 0. The van der Waals surface area contributed by atoms with Crippen molar-refractivity contribution in [1.82, 2.24) is 15.5 Å². The molecule has 4 heteroatoms. The lowest BCUT2D eigenvalue weighted by Gasteiger charge is -2.19. The Bertz CT molecular complexity index is 567. The van der Waals surface area contributed by atoms with Gasteiger partial charge in [-0.3, -0.25) is 0 Å². The minimum absolute atomic E-state index is 0.103. The Morgan fingerprint density at radius 2 is 1.89 bits per heavy atom. The first-order valence-electron chi connectivity index (χ1n) is 6.50. The van der Waals surface area contributed by atoms with E-state index >= 15 is 0 Å². The third-order valence-corrected chi connectivity index (χ3v) is 3.81. The molecule has 2 aromatic rings. The van der Waals surface area contributed by atoms with E-state index in [1.165, 1.54) is 16.7 Å². The molecule has 0 aliphatic heterocycles. The summed E-state index contributed by atoms with van der Waals surface area (Å²) in [6.45, 7) is 11.5. The van der Waals surface area contributed by atoms with Crippen LogP contribution in [0.1, 0.15) is 36.9 Å². The highest BCUT2D eigenvalue weighted by Crippen LogP contribution is 2.27. The van der Waals surface area contributed by atoms with E-state index in [1.54, 1.807) is 11.3 Å². The van der Waals surface area contributed by atoms with Gasteiger partial charge in [-0.05, 0) is 40.2 Å². The summed E-state index contributed by atoms with van der Waals surface area (Å²) in [6.07, 6.45) is 0. The number of nitrogens with zero attached hydrogens (tertiary/aromatic N) is 2. The first-order valence-corrected chi connectivity index (χ1v) is 7.32. The Hall–Kier alpha value is -1.26. The van der Waals surface area contributed by atoms with E-state index in [1.807, 2.05) is 0 Å². The summed E-state index contributed by atoms with van der Waals surface area (Å²) in [5.41, 5.74) is 3.82. The lowest BCUT2D eigenvalue weighted by atomic mass is 10.1. The van der Waals surface area contributed by atoms with Crippen molar-refractivity contribution in [2.75, 3.05) is 0 Å². The van der Waals surface area contributed by atoms with E-state index in [0.717, 1.165) is 16.6 Å². The summed E-state index contributed by atoms with van der Waals surface area (Å²) in [5, 5.41) is 14.0. The molecule has 0 radical (unpaired) electrons. The largest absolute Gasteiger partial charge is 0.306 e. The van der Waals surface area contributed by atoms with Crippen LogP contribution in [0.4, 0.5) is 0 Å². The molecule has 1 N–H and O–H groups in total. The second kappa shape index (κ2) is 5.39. The Morgan fingerprint density at radius 1 is 1.16 bits per heavy atom. The molecule has 0 unspecified atom stereocenters. The van der Waals surface area contributed by atoms with Gasteiger partial charge < -0.3 is 5.32 Å². The molecular formula is C15H21N3S. The molecule has 0 saturated heterocycles. The summed E-state index contributed by atoms with van der Waals surface area (Å²) in [6, 6.07) is 6.44. The van der Waals surface area contributed by atoms with E-state index in [4.69, 9.17) is 0 Å². The summed E-state index contributed by atoms with van der Waals surface area (Å²) >= 11 is 1.66. The second-order valence-electron chi connectivity index (χ2n) is 5.92. The van der Waals surface area contributed by atoms with Gasteiger partial charge in [-0.1, -0.05) is 35.1 Å². The van der Waals surface area contributed by atoms with Crippen molar-refractivity contribution in [2.24, 2.45) is 0 Å². The fraction of sp³-hybridized carbons (Fsp3) is 0.467. The van der Waals surface area contributed by atoms with Crippen molar-refractivity contribution in [2.45, 2.75) is 46.7 Å². The summed E-state index contributed by atoms with van der Waals surface area (Å²) in [7, 11) is 0. The van der Waals surface area contributed by atoms with Crippen molar-refractivity contribution in [3.05, 3.63) is 34.3 Å². The number of hydrogen-bond acceptors (Lipinski definition) is 4. The van der Waals surface area contributed by atoms with Crippen LogP contribution in [0.2, 0.25) is 0 Å². The van der Waals surface area contributed by atoms with Crippen LogP contribution >= 0.6 is 11.3 Å². The van der Waals surface area contributed by atoms with Gasteiger partial charge in [0.2, 0.25) is 0 Å². The van der Waals surface area contributed by atoms with Gasteiger partial charge in [0.05, 0.1) is 6.54 Å². The van der Waals surface area contributed by atoms with Crippen molar-refractivity contribution < 1.29 is 0 Å². The van der Waals surface area contributed by atoms with Crippen molar-refractivity contribution in [3.63, 3.8) is 0 Å². The van der Waals surface area contributed by atoms with Crippen molar-refractivity contribution >= 4 is 11.3 Å². The number of benzene rings is 1. The predicted octanol–water partition coefficient (Wildman–Crippen LogP) is 3.71. The van der Waals surface area contributed by atoms with Crippen LogP contribution in [-0.2, 0) is 6.54 Å². The summed E-state index contributed by atoms with van der Waals surface area (Å²) < 4.78 is 0. The van der Waals surface area contributed by atoms with Crippen LogP contribution < -0.4 is 5.32 Å². The van der Waals surface area contributed by atoms with Crippen LogP contribution in [-0.4, -0.2) is 15.7 Å². The van der Waals surface area contributed by atoms with Gasteiger partial charge in [-0.25, -0.2) is 0 Å². The molecule has 0 bridgehead atoms. The van der Waals surface area contributed by atoms with E-state index in [9.17, 15) is 0 Å². The first-order chi connectivity index (χ1) is 8.85. The number of hydrogen-bond donors (Lipinski definition) is 1. The lowest BCUT2D eigenvalue weighted by molar-refractivity contribution is 0.423. The van der Waals surface area contributed by atoms with Gasteiger partial charge >= 0.3 is 0 Å². The molecule has 0 amide bonds. The lowest BCUT2D eigenvalue weighted by Crippen LogP contribution is -2.35. The zero-order valence-corrected chi connectivity index (χ0v) is 13.1. The molecule has 0 fully saturated rings. The molecule has 2 rings (SSSR count). The van der Waals surface area contributed by atoms with Crippen LogP contribution in [0.3, 0.4) is 0 Å². The average molecular weight is 275 g/mol. The minimum atomic E-state index is 0.103. The smallest absolute Gasteiger partial charge is 0.148 e. The molecule has 19 heavy (non-hydrogen) atoms. The molecule has 102 valence electrons. The van der Waals surface area contributed by atoms with Crippen LogP contribution in [0.25, 0.3) is 10.6 Å². The molecule has 0 saturated carbocycles. The molecule has 0 atom stereocenters. The Kier molecular flexibility index (Phi) is 4.02. The fourth-order valence-corrected chi connectivity index (χ4v) is 2.70. The maximum Gasteiger partial charge on any atom is 0.148 e. The molecule has 1 aromatic carbocycles. The SMILES string of the molecule is Cc1ccc(-c2nnc(CNC(C)(C)C)s2)c(C)c1. The monoisotopic (exact) mass is 275 g/mol. The van der Waals surface area contributed by atoms with Crippen molar-refractivity contribution in [1.29, 1.82) is 0 Å². The highest BCUT2D eigenvalue weighted by Gasteiger charge is 2.12. The van der Waals surface area contributed by atoms with Gasteiger partial charge in [0.1, 0.15) is 10.0 Å². The quantitative estimate of drug-likeness (QED) is 0.928. The highest BCUT2D eigenvalue weighted by molar-refractivity contribution is 7.14. The zero-order chi connectivity index (χ0) is 14.0. The first kappa shape index (κ1) is 14.2. The van der Waals surface area contributed by atoms with Gasteiger partial charge in [-0.15, -0.1) is 10.2 Å². The van der Waals surface area contributed by atoms with Gasteiger partial charge in [0.15, 0.2) is 0 Å². The Balaban J connectivity index is 2.16. The molecule has 0 spiro atoms. The molecule has 3 nitrogen and oxygen atoms in total. The second-order valence-corrected chi connectivity index (χ2v) is 6.98. The number of nitrogens with one attached hydrogen (secondary N) is 1. The summed E-state index contributed by atoms with van der Waals surface area (Å²) in [4.78, 5) is 0. The van der Waals surface area contributed by atoms with Crippen LogP contribution in [0.15, 0.2) is 18.2 Å². The normalized spacial score (nSPS) is 11.8. The average Bonchev–Trinajstić information content (AvgIpc) is 2.74. The van der Waals surface area contributed by atoms with E-state index < -0.39 is 0 Å².